The van der Waals surface area contributed by atoms with Gasteiger partial charge in [0.2, 0.25) is 0 Å². The maximum Gasteiger partial charge on any atom is 0.0440 e. The van der Waals surface area contributed by atoms with Crippen molar-refractivity contribution in [3.63, 3.8) is 0 Å². The highest BCUT2D eigenvalue weighted by atomic mass is 35.5. The predicted molar refractivity (Wildman–Crippen MR) is 81.5 cm³/mol. The zero-order valence-electron chi connectivity index (χ0n) is 11.9. The molecule has 2 heteroatoms. The van der Waals surface area contributed by atoms with E-state index in [0.29, 0.717) is 6.04 Å². The van der Waals surface area contributed by atoms with Crippen LogP contribution < -0.4 is 5.32 Å². The summed E-state index contributed by atoms with van der Waals surface area (Å²) in [6.45, 7) is 7.58. The van der Waals surface area contributed by atoms with Crippen LogP contribution in [0.15, 0.2) is 18.2 Å². The normalized spacial score (nSPS) is 12.7. The van der Waals surface area contributed by atoms with Crippen LogP contribution in [0.4, 0.5) is 0 Å². The number of aryl methyl sites for hydroxylation is 2. The van der Waals surface area contributed by atoms with Crippen LogP contribution in [0, 0.1) is 6.92 Å². The van der Waals surface area contributed by atoms with E-state index in [4.69, 9.17) is 11.6 Å². The van der Waals surface area contributed by atoms with E-state index in [-0.39, 0.29) is 0 Å². The molecule has 1 unspecified atom stereocenters. The molecule has 102 valence electrons. The maximum atomic E-state index is 6.25. The van der Waals surface area contributed by atoms with Gasteiger partial charge in [-0.15, -0.1) is 0 Å². The van der Waals surface area contributed by atoms with Crippen molar-refractivity contribution in [3.8, 4) is 0 Å². The van der Waals surface area contributed by atoms with Crippen LogP contribution in [0.1, 0.15) is 50.7 Å². The van der Waals surface area contributed by atoms with Gasteiger partial charge in [-0.3, -0.25) is 0 Å². The molecule has 0 spiro atoms. The Balaban J connectivity index is 2.39. The van der Waals surface area contributed by atoms with E-state index in [9.17, 15) is 0 Å². The standard InChI is InChI=1S/C16H26ClN/c1-4-7-15(18-5-2)9-6-8-14-11-10-13(3)12-16(14)17/h10-12,15,18H,4-9H2,1-3H3. The average Bonchev–Trinajstić information content (AvgIpc) is 2.32. The lowest BCUT2D eigenvalue weighted by Gasteiger charge is -2.17. The van der Waals surface area contributed by atoms with Crippen LogP contribution in [0.3, 0.4) is 0 Å². The van der Waals surface area contributed by atoms with Crippen LogP contribution >= 0.6 is 11.6 Å². The van der Waals surface area contributed by atoms with Gasteiger partial charge in [-0.25, -0.2) is 0 Å². The minimum atomic E-state index is 0.671. The number of benzene rings is 1. The van der Waals surface area contributed by atoms with Crippen LogP contribution in [0.25, 0.3) is 0 Å². The fourth-order valence-electron chi connectivity index (χ4n) is 2.38. The monoisotopic (exact) mass is 267 g/mol. The van der Waals surface area contributed by atoms with Crippen LogP contribution in [0.2, 0.25) is 5.02 Å². The third-order valence-electron chi connectivity index (χ3n) is 3.34. The van der Waals surface area contributed by atoms with Crippen molar-refractivity contribution < 1.29 is 0 Å². The molecular weight excluding hydrogens is 242 g/mol. The first-order chi connectivity index (χ1) is 8.67. The van der Waals surface area contributed by atoms with Gasteiger partial charge in [0.05, 0.1) is 0 Å². The zero-order valence-corrected chi connectivity index (χ0v) is 12.7. The molecule has 0 amide bonds. The summed E-state index contributed by atoms with van der Waals surface area (Å²) in [5, 5.41) is 4.48. The average molecular weight is 268 g/mol. The second-order valence-electron chi connectivity index (χ2n) is 5.03. The van der Waals surface area contributed by atoms with Crippen LogP contribution in [-0.4, -0.2) is 12.6 Å². The molecule has 0 radical (unpaired) electrons. The number of halogens is 1. The van der Waals surface area contributed by atoms with Crippen molar-refractivity contribution in [3.05, 3.63) is 34.3 Å². The number of hydrogen-bond acceptors (Lipinski definition) is 1. The molecule has 1 nitrogen and oxygen atoms in total. The summed E-state index contributed by atoms with van der Waals surface area (Å²) in [4.78, 5) is 0. The molecule has 1 aromatic carbocycles. The van der Waals surface area contributed by atoms with Crippen molar-refractivity contribution in [2.24, 2.45) is 0 Å². The smallest absolute Gasteiger partial charge is 0.0440 e. The predicted octanol–water partition coefficient (Wildman–Crippen LogP) is 4.75. The summed E-state index contributed by atoms with van der Waals surface area (Å²) in [5.41, 5.74) is 2.52. The van der Waals surface area contributed by atoms with Gasteiger partial charge in [-0.1, -0.05) is 44.0 Å². The summed E-state index contributed by atoms with van der Waals surface area (Å²) >= 11 is 6.25. The SMILES string of the molecule is CCCC(CCCc1ccc(C)cc1Cl)NCC. The Bertz CT molecular complexity index is 343. The summed E-state index contributed by atoms with van der Waals surface area (Å²) in [5.74, 6) is 0. The molecular formula is C16H26ClN. The molecule has 1 aromatic rings. The van der Waals surface area contributed by atoms with E-state index in [1.54, 1.807) is 0 Å². The molecule has 0 heterocycles. The second kappa shape index (κ2) is 8.55. The molecule has 0 bridgehead atoms. The zero-order chi connectivity index (χ0) is 13.4. The van der Waals surface area contributed by atoms with E-state index < -0.39 is 0 Å². The van der Waals surface area contributed by atoms with E-state index in [1.165, 1.54) is 36.8 Å². The summed E-state index contributed by atoms with van der Waals surface area (Å²) in [6.07, 6.45) is 6.06. The fraction of sp³-hybridized carbons (Fsp3) is 0.625. The highest BCUT2D eigenvalue weighted by Crippen LogP contribution is 2.20. The highest BCUT2D eigenvalue weighted by Gasteiger charge is 2.07. The van der Waals surface area contributed by atoms with Crippen molar-refractivity contribution in [2.75, 3.05) is 6.54 Å². The molecule has 1 N–H and O–H groups in total. The highest BCUT2D eigenvalue weighted by molar-refractivity contribution is 6.31. The fourth-order valence-corrected chi connectivity index (χ4v) is 2.71. The summed E-state index contributed by atoms with van der Waals surface area (Å²) in [7, 11) is 0. The third kappa shape index (κ3) is 5.41. The first-order valence-corrected chi connectivity index (χ1v) is 7.53. The topological polar surface area (TPSA) is 12.0 Å². The maximum absolute atomic E-state index is 6.25. The Kier molecular flexibility index (Phi) is 7.38. The molecule has 0 aliphatic carbocycles. The molecule has 0 aliphatic heterocycles. The van der Waals surface area contributed by atoms with Crippen molar-refractivity contribution in [1.29, 1.82) is 0 Å². The lowest BCUT2D eigenvalue weighted by molar-refractivity contribution is 0.447. The summed E-state index contributed by atoms with van der Waals surface area (Å²) in [6, 6.07) is 7.05. The van der Waals surface area contributed by atoms with Crippen molar-refractivity contribution >= 4 is 11.6 Å². The first kappa shape index (κ1) is 15.5. The molecule has 0 fully saturated rings. The quantitative estimate of drug-likeness (QED) is 0.717. The molecule has 0 saturated carbocycles. The lowest BCUT2D eigenvalue weighted by Crippen LogP contribution is -2.28. The molecule has 0 saturated heterocycles. The van der Waals surface area contributed by atoms with Gasteiger partial charge in [-0.05, 0) is 56.3 Å². The molecule has 0 aromatic heterocycles. The lowest BCUT2D eigenvalue weighted by atomic mass is 10.0. The molecule has 18 heavy (non-hydrogen) atoms. The van der Waals surface area contributed by atoms with Crippen LogP contribution in [-0.2, 0) is 6.42 Å². The minimum Gasteiger partial charge on any atom is -0.314 e. The van der Waals surface area contributed by atoms with E-state index in [0.717, 1.165) is 18.0 Å². The van der Waals surface area contributed by atoms with Crippen molar-refractivity contribution in [2.45, 2.75) is 58.9 Å². The van der Waals surface area contributed by atoms with E-state index >= 15 is 0 Å². The van der Waals surface area contributed by atoms with E-state index in [1.807, 2.05) is 0 Å². The van der Waals surface area contributed by atoms with Gasteiger partial charge in [-0.2, -0.15) is 0 Å². The Hall–Kier alpha value is -0.530. The first-order valence-electron chi connectivity index (χ1n) is 7.15. The molecule has 0 aliphatic rings. The molecule has 1 rings (SSSR count). The largest absolute Gasteiger partial charge is 0.314 e. The van der Waals surface area contributed by atoms with Gasteiger partial charge < -0.3 is 5.32 Å². The Morgan fingerprint density at radius 2 is 2.00 bits per heavy atom. The van der Waals surface area contributed by atoms with Gasteiger partial charge >= 0.3 is 0 Å². The van der Waals surface area contributed by atoms with Crippen molar-refractivity contribution in [1.82, 2.24) is 5.32 Å². The molecule has 1 atom stereocenters. The van der Waals surface area contributed by atoms with Gasteiger partial charge in [0, 0.05) is 11.1 Å². The third-order valence-corrected chi connectivity index (χ3v) is 3.69. The summed E-state index contributed by atoms with van der Waals surface area (Å²) < 4.78 is 0. The van der Waals surface area contributed by atoms with E-state index in [2.05, 4.69) is 44.3 Å². The Morgan fingerprint density at radius 1 is 1.22 bits per heavy atom. The van der Waals surface area contributed by atoms with Gasteiger partial charge in [0.15, 0.2) is 0 Å². The van der Waals surface area contributed by atoms with Gasteiger partial charge in [0.25, 0.3) is 0 Å². The van der Waals surface area contributed by atoms with Crippen LogP contribution in [0.5, 0.6) is 0 Å². The Morgan fingerprint density at radius 3 is 2.61 bits per heavy atom. The van der Waals surface area contributed by atoms with Gasteiger partial charge in [0.1, 0.15) is 0 Å². The second-order valence-corrected chi connectivity index (χ2v) is 5.44. The number of hydrogen-bond donors (Lipinski definition) is 1. The Labute approximate surface area is 117 Å². The minimum absolute atomic E-state index is 0.671. The number of nitrogens with one attached hydrogen (secondary N) is 1. The number of rotatable bonds is 8.